The normalized spacial score (nSPS) is 15.6. The molecule has 1 saturated heterocycles. The highest BCUT2D eigenvalue weighted by molar-refractivity contribution is 5.85. The summed E-state index contributed by atoms with van der Waals surface area (Å²) in [7, 11) is 3.35. The van der Waals surface area contributed by atoms with Gasteiger partial charge in [-0.15, -0.1) is 17.5 Å². The van der Waals surface area contributed by atoms with Gasteiger partial charge in [0.15, 0.2) is 17.3 Å². The van der Waals surface area contributed by atoms with Crippen LogP contribution < -0.4 is 9.47 Å². The van der Waals surface area contributed by atoms with Crippen molar-refractivity contribution in [2.45, 2.75) is 25.9 Å². The molecule has 0 amide bonds. The Morgan fingerprint density at radius 1 is 0.939 bits per heavy atom. The molecule has 4 rings (SSSR count). The van der Waals surface area contributed by atoms with E-state index in [4.69, 9.17) is 9.47 Å². The van der Waals surface area contributed by atoms with E-state index in [-0.39, 0.29) is 18.4 Å². The number of nitrogens with zero attached hydrogens (tertiary/aromatic N) is 6. The molecule has 1 unspecified atom stereocenters. The number of likely N-dealkylation sites (N-methyl/N-ethyl adjacent to an activating group) is 1. The zero-order chi connectivity index (χ0) is 22.3. The van der Waals surface area contributed by atoms with Crippen molar-refractivity contribution in [2.24, 2.45) is 0 Å². The fourth-order valence-corrected chi connectivity index (χ4v) is 4.41. The lowest BCUT2D eigenvalue weighted by atomic mass is 10.0. The first-order chi connectivity index (χ1) is 15.7. The Bertz CT molecular complexity index is 992. The van der Waals surface area contributed by atoms with Gasteiger partial charge in [-0.2, -0.15) is 0 Å². The second-order valence-corrected chi connectivity index (χ2v) is 7.95. The highest BCUT2D eigenvalue weighted by atomic mass is 35.5. The lowest BCUT2D eigenvalue weighted by Crippen LogP contribution is -2.48. The van der Waals surface area contributed by atoms with Gasteiger partial charge in [0.05, 0.1) is 14.2 Å². The molecule has 1 fully saturated rings. The average Bonchev–Trinajstić information content (AvgIpc) is 3.32. The van der Waals surface area contributed by atoms with Crippen LogP contribution >= 0.6 is 12.4 Å². The smallest absolute Gasteiger partial charge is 0.173 e. The number of rotatable bonds is 9. The molecule has 3 aromatic rings. The Kier molecular flexibility index (Phi) is 9.05. The molecular formula is C24H33ClN6O2. The maximum absolute atomic E-state index is 5.81. The van der Waals surface area contributed by atoms with Crippen LogP contribution in [-0.4, -0.2) is 77.0 Å². The first-order valence-corrected chi connectivity index (χ1v) is 11.2. The van der Waals surface area contributed by atoms with Crippen LogP contribution in [0.5, 0.6) is 11.5 Å². The van der Waals surface area contributed by atoms with Gasteiger partial charge >= 0.3 is 0 Å². The van der Waals surface area contributed by atoms with Crippen molar-refractivity contribution < 1.29 is 9.47 Å². The third-order valence-electron chi connectivity index (χ3n) is 6.21. The Morgan fingerprint density at radius 2 is 1.70 bits per heavy atom. The Labute approximate surface area is 201 Å². The number of aromatic nitrogens is 4. The minimum atomic E-state index is -0.121. The van der Waals surface area contributed by atoms with E-state index in [2.05, 4.69) is 62.6 Å². The zero-order valence-electron chi connectivity index (χ0n) is 19.6. The van der Waals surface area contributed by atoms with E-state index in [1.165, 1.54) is 5.56 Å². The SMILES string of the molecule is CCN1CCN(C(c2cccc(OC)c2OC)c2nnnn2CCc2ccccc2)CC1.Cl. The molecule has 0 aliphatic carbocycles. The van der Waals surface area contributed by atoms with E-state index in [1.807, 2.05) is 22.9 Å². The van der Waals surface area contributed by atoms with Crippen molar-refractivity contribution in [3.63, 3.8) is 0 Å². The van der Waals surface area contributed by atoms with Gasteiger partial charge in [0.1, 0.15) is 6.04 Å². The maximum atomic E-state index is 5.81. The van der Waals surface area contributed by atoms with Crippen LogP contribution in [0.25, 0.3) is 0 Å². The highest BCUT2D eigenvalue weighted by Gasteiger charge is 2.33. The summed E-state index contributed by atoms with van der Waals surface area (Å²) >= 11 is 0. The van der Waals surface area contributed by atoms with Gasteiger partial charge in [0.25, 0.3) is 0 Å². The number of halogens is 1. The van der Waals surface area contributed by atoms with Crippen molar-refractivity contribution in [3.05, 3.63) is 65.5 Å². The van der Waals surface area contributed by atoms with E-state index >= 15 is 0 Å². The molecule has 8 nitrogen and oxygen atoms in total. The van der Waals surface area contributed by atoms with E-state index < -0.39 is 0 Å². The molecule has 2 heterocycles. The van der Waals surface area contributed by atoms with Crippen molar-refractivity contribution in [3.8, 4) is 11.5 Å². The third kappa shape index (κ3) is 5.63. The summed E-state index contributed by atoms with van der Waals surface area (Å²) < 4.78 is 13.3. The third-order valence-corrected chi connectivity index (χ3v) is 6.21. The molecule has 0 N–H and O–H groups in total. The highest BCUT2D eigenvalue weighted by Crippen LogP contribution is 2.39. The number of hydrogen-bond donors (Lipinski definition) is 0. The molecule has 1 aliphatic rings. The fraction of sp³-hybridized carbons (Fsp3) is 0.458. The van der Waals surface area contributed by atoms with Crippen LogP contribution in [0, 0.1) is 0 Å². The van der Waals surface area contributed by atoms with Crippen LogP contribution in [0.3, 0.4) is 0 Å². The van der Waals surface area contributed by atoms with Crippen LogP contribution in [0.4, 0.5) is 0 Å². The van der Waals surface area contributed by atoms with Gasteiger partial charge in [0.2, 0.25) is 0 Å². The quantitative estimate of drug-likeness (QED) is 0.474. The molecule has 178 valence electrons. The monoisotopic (exact) mass is 472 g/mol. The molecule has 0 bridgehead atoms. The lowest BCUT2D eigenvalue weighted by Gasteiger charge is -2.39. The van der Waals surface area contributed by atoms with E-state index in [1.54, 1.807) is 14.2 Å². The zero-order valence-corrected chi connectivity index (χ0v) is 20.4. The van der Waals surface area contributed by atoms with Crippen LogP contribution in [0.15, 0.2) is 48.5 Å². The largest absolute Gasteiger partial charge is 0.493 e. The summed E-state index contributed by atoms with van der Waals surface area (Å²) in [6, 6.07) is 16.3. The number of hydrogen-bond acceptors (Lipinski definition) is 7. The molecule has 0 spiro atoms. The number of piperazine rings is 1. The molecule has 9 heteroatoms. The second-order valence-electron chi connectivity index (χ2n) is 7.95. The summed E-state index contributed by atoms with van der Waals surface area (Å²) in [5.41, 5.74) is 2.29. The Morgan fingerprint density at radius 3 is 2.36 bits per heavy atom. The molecule has 33 heavy (non-hydrogen) atoms. The van der Waals surface area contributed by atoms with Crippen molar-refractivity contribution in [1.29, 1.82) is 0 Å². The summed E-state index contributed by atoms with van der Waals surface area (Å²) in [4.78, 5) is 4.92. The van der Waals surface area contributed by atoms with Crippen LogP contribution in [0.2, 0.25) is 0 Å². The van der Waals surface area contributed by atoms with Gasteiger partial charge in [-0.3, -0.25) is 4.90 Å². The molecule has 0 radical (unpaired) electrons. The van der Waals surface area contributed by atoms with E-state index in [9.17, 15) is 0 Å². The number of ether oxygens (including phenoxy) is 2. The van der Waals surface area contributed by atoms with Crippen molar-refractivity contribution >= 4 is 12.4 Å². The molecular weight excluding hydrogens is 440 g/mol. The van der Waals surface area contributed by atoms with Crippen LogP contribution in [-0.2, 0) is 13.0 Å². The number of tetrazole rings is 1. The van der Waals surface area contributed by atoms with Gasteiger partial charge in [-0.05, 0) is 35.0 Å². The first-order valence-electron chi connectivity index (χ1n) is 11.2. The summed E-state index contributed by atoms with van der Waals surface area (Å²) in [6.07, 6.45) is 0.866. The number of para-hydroxylation sites is 1. The number of methoxy groups -OCH3 is 2. The minimum absolute atomic E-state index is 0. The Hall–Kier alpha value is -2.68. The standard InChI is InChI=1S/C24H32N6O2.ClH/c1-4-28-15-17-29(18-16-28)22(20-11-8-12-21(31-2)23(20)32-3)24-25-26-27-30(24)14-13-19-9-6-5-7-10-19;/h5-12,22H,4,13-18H2,1-3H3;1H. The maximum Gasteiger partial charge on any atom is 0.173 e. The predicted octanol–water partition coefficient (Wildman–Crippen LogP) is 3.08. The minimum Gasteiger partial charge on any atom is -0.493 e. The lowest BCUT2D eigenvalue weighted by molar-refractivity contribution is 0.107. The molecule has 1 atom stereocenters. The molecule has 1 aromatic heterocycles. The summed E-state index contributed by atoms with van der Waals surface area (Å²) in [5, 5.41) is 12.9. The fourth-order valence-electron chi connectivity index (χ4n) is 4.41. The molecule has 0 saturated carbocycles. The number of aryl methyl sites for hydroxylation is 2. The predicted molar refractivity (Wildman–Crippen MR) is 130 cm³/mol. The van der Waals surface area contributed by atoms with Gasteiger partial charge in [-0.25, -0.2) is 4.68 Å². The van der Waals surface area contributed by atoms with Crippen LogP contribution in [0.1, 0.15) is 29.9 Å². The average molecular weight is 473 g/mol. The van der Waals surface area contributed by atoms with Crippen molar-refractivity contribution in [2.75, 3.05) is 46.9 Å². The van der Waals surface area contributed by atoms with E-state index in [0.29, 0.717) is 12.3 Å². The van der Waals surface area contributed by atoms with Gasteiger partial charge < -0.3 is 14.4 Å². The van der Waals surface area contributed by atoms with E-state index in [0.717, 1.165) is 56.3 Å². The van der Waals surface area contributed by atoms with Crippen molar-refractivity contribution in [1.82, 2.24) is 30.0 Å². The molecule has 1 aliphatic heterocycles. The second kappa shape index (κ2) is 12.0. The first kappa shape index (κ1) is 25.0. The molecule has 2 aromatic carbocycles. The number of benzene rings is 2. The summed E-state index contributed by atoms with van der Waals surface area (Å²) in [6.45, 7) is 7.90. The topological polar surface area (TPSA) is 68.5 Å². The Balaban J connectivity index is 0.00000306. The van der Waals surface area contributed by atoms with Gasteiger partial charge in [0, 0.05) is 38.3 Å². The van der Waals surface area contributed by atoms with Gasteiger partial charge in [-0.1, -0.05) is 49.4 Å². The summed E-state index contributed by atoms with van der Waals surface area (Å²) in [5.74, 6) is 2.28.